The van der Waals surface area contributed by atoms with Crippen molar-refractivity contribution in [3.63, 3.8) is 0 Å². The number of hydrogen-bond acceptors (Lipinski definition) is 4. The molecule has 0 spiro atoms. The molecule has 2 aliphatic rings. The molecule has 0 aromatic heterocycles. The van der Waals surface area contributed by atoms with Gasteiger partial charge in [0.15, 0.2) is 11.6 Å². The SMILES string of the molecule is NS(=O)(=O)N(C1c2c(F)c(F)cc(F)c2CC1(F)F)S(=O)(=O)C1CCc2ccccc21. The van der Waals surface area contributed by atoms with Gasteiger partial charge in [-0.3, -0.25) is 0 Å². The first-order valence-electron chi connectivity index (χ1n) is 8.95. The number of nitrogens with two attached hydrogens (primary N) is 1. The number of rotatable bonds is 4. The van der Waals surface area contributed by atoms with E-state index in [0.29, 0.717) is 5.56 Å². The van der Waals surface area contributed by atoms with Gasteiger partial charge in [0, 0.05) is 23.6 Å². The van der Waals surface area contributed by atoms with E-state index in [1.54, 1.807) is 12.1 Å². The number of hydrogen-bond donors (Lipinski definition) is 1. The average molecular weight is 482 g/mol. The van der Waals surface area contributed by atoms with Gasteiger partial charge in [0.1, 0.15) is 17.1 Å². The summed E-state index contributed by atoms with van der Waals surface area (Å²) in [6.45, 7) is 0. The monoisotopic (exact) mass is 482 g/mol. The van der Waals surface area contributed by atoms with Crippen LogP contribution in [0.4, 0.5) is 22.0 Å². The highest BCUT2D eigenvalue weighted by molar-refractivity contribution is 8.03. The molecule has 0 heterocycles. The Morgan fingerprint density at radius 2 is 1.68 bits per heavy atom. The maximum Gasteiger partial charge on any atom is 0.290 e. The van der Waals surface area contributed by atoms with Crippen molar-refractivity contribution in [3.8, 4) is 0 Å². The molecule has 2 atom stereocenters. The van der Waals surface area contributed by atoms with Gasteiger partial charge in [-0.2, -0.15) is 8.42 Å². The molecule has 0 radical (unpaired) electrons. The molecule has 13 heteroatoms. The second kappa shape index (κ2) is 6.95. The minimum absolute atomic E-state index is 0.0373. The predicted molar refractivity (Wildman–Crippen MR) is 99.1 cm³/mol. The van der Waals surface area contributed by atoms with Crippen LogP contribution >= 0.6 is 0 Å². The maximum atomic E-state index is 14.9. The normalized spacial score (nSPS) is 22.5. The zero-order valence-electron chi connectivity index (χ0n) is 15.5. The van der Waals surface area contributed by atoms with Crippen molar-refractivity contribution in [2.24, 2.45) is 5.14 Å². The van der Waals surface area contributed by atoms with Crippen LogP contribution in [0.25, 0.3) is 0 Å². The fraction of sp³-hybridized carbons (Fsp3) is 0.333. The Balaban J connectivity index is 1.96. The molecule has 0 saturated carbocycles. The fourth-order valence-corrected chi connectivity index (χ4v) is 8.11. The van der Waals surface area contributed by atoms with Crippen molar-refractivity contribution in [1.29, 1.82) is 0 Å². The van der Waals surface area contributed by atoms with E-state index >= 15 is 0 Å². The summed E-state index contributed by atoms with van der Waals surface area (Å²) in [4.78, 5) is 0. The van der Waals surface area contributed by atoms with Gasteiger partial charge in [0.2, 0.25) is 10.0 Å². The smallest absolute Gasteiger partial charge is 0.215 e. The summed E-state index contributed by atoms with van der Waals surface area (Å²) in [5.41, 5.74) is -1.65. The Bertz CT molecular complexity index is 1300. The molecule has 168 valence electrons. The van der Waals surface area contributed by atoms with Crippen LogP contribution in [0.5, 0.6) is 0 Å². The minimum Gasteiger partial charge on any atom is -0.215 e. The molecule has 0 bridgehead atoms. The van der Waals surface area contributed by atoms with Crippen LogP contribution in [0.15, 0.2) is 30.3 Å². The van der Waals surface area contributed by atoms with Crippen molar-refractivity contribution in [3.05, 3.63) is 70.0 Å². The number of benzene rings is 2. The van der Waals surface area contributed by atoms with E-state index < -0.39 is 76.2 Å². The molecule has 4 rings (SSSR count). The highest BCUT2D eigenvalue weighted by Crippen LogP contribution is 2.52. The average Bonchev–Trinajstić information content (AvgIpc) is 3.19. The summed E-state index contributed by atoms with van der Waals surface area (Å²) in [5, 5.41) is 3.45. The molecule has 0 saturated heterocycles. The molecule has 6 nitrogen and oxygen atoms in total. The Morgan fingerprint density at radius 1 is 1.03 bits per heavy atom. The number of aryl methyl sites for hydroxylation is 1. The van der Waals surface area contributed by atoms with Crippen LogP contribution in [0.1, 0.15) is 40.0 Å². The Kier molecular flexibility index (Phi) is 4.96. The summed E-state index contributed by atoms with van der Waals surface area (Å²) in [5.74, 6) is -9.66. The van der Waals surface area contributed by atoms with Gasteiger partial charge in [-0.1, -0.05) is 28.0 Å². The molecule has 2 aliphatic carbocycles. The van der Waals surface area contributed by atoms with Gasteiger partial charge < -0.3 is 0 Å². The van der Waals surface area contributed by atoms with E-state index in [0.717, 1.165) is 0 Å². The fourth-order valence-electron chi connectivity index (χ4n) is 4.31. The first-order valence-corrected chi connectivity index (χ1v) is 12.0. The standard InChI is InChI=1S/C18H15F5N2O4S2/c19-12-7-13(20)16(21)15-11(12)8-18(22,23)17(15)25(31(24,28)29)30(26,27)14-6-5-9-3-1-2-4-10(9)14/h1-4,7,14,17H,5-6,8H2,(H2,24,28,29). The molecule has 0 amide bonds. The molecule has 2 N–H and O–H groups in total. The molecule has 31 heavy (non-hydrogen) atoms. The quantitative estimate of drug-likeness (QED) is 0.535. The van der Waals surface area contributed by atoms with Gasteiger partial charge in [0.25, 0.3) is 16.1 Å². The van der Waals surface area contributed by atoms with Crippen LogP contribution in [0, 0.1) is 17.5 Å². The number of sulfonamides is 1. The van der Waals surface area contributed by atoms with Gasteiger partial charge >= 0.3 is 0 Å². The van der Waals surface area contributed by atoms with Gasteiger partial charge in [-0.15, -0.1) is 0 Å². The Hall–Kier alpha value is -2.09. The second-order valence-corrected chi connectivity index (χ2v) is 11.1. The topological polar surface area (TPSA) is 97.5 Å². The first kappa shape index (κ1) is 22.1. The highest BCUT2D eigenvalue weighted by Gasteiger charge is 2.60. The molecule has 2 aromatic carbocycles. The van der Waals surface area contributed by atoms with Gasteiger partial charge in [-0.25, -0.2) is 35.5 Å². The lowest BCUT2D eigenvalue weighted by molar-refractivity contribution is -0.0364. The van der Waals surface area contributed by atoms with Crippen molar-refractivity contribution >= 4 is 20.2 Å². The zero-order chi connectivity index (χ0) is 22.9. The number of fused-ring (bicyclic) bond motifs is 2. The number of nitrogens with zero attached hydrogens (tertiary/aromatic N) is 1. The first-order chi connectivity index (χ1) is 14.3. The molecule has 2 unspecified atom stereocenters. The van der Waals surface area contributed by atoms with Crippen LogP contribution in [0.3, 0.4) is 0 Å². The molecular weight excluding hydrogens is 467 g/mol. The van der Waals surface area contributed by atoms with Crippen molar-refractivity contribution < 1.29 is 38.8 Å². The molecule has 0 aliphatic heterocycles. The summed E-state index contributed by atoms with van der Waals surface area (Å²) in [7, 11) is -10.6. The third kappa shape index (κ3) is 3.34. The molecular formula is C18H15F5N2O4S2. The molecule has 0 fully saturated rings. The predicted octanol–water partition coefficient (Wildman–Crippen LogP) is 2.86. The van der Waals surface area contributed by atoms with Crippen molar-refractivity contribution in [2.45, 2.75) is 36.5 Å². The summed E-state index contributed by atoms with van der Waals surface area (Å²) in [6.07, 6.45) is -1.45. The highest BCUT2D eigenvalue weighted by atomic mass is 32.3. The lowest BCUT2D eigenvalue weighted by Crippen LogP contribution is -2.49. The Labute approximate surface area is 174 Å². The number of halogens is 5. The lowest BCUT2D eigenvalue weighted by atomic mass is 10.1. The third-order valence-corrected chi connectivity index (χ3v) is 9.43. The van der Waals surface area contributed by atoms with E-state index in [1.807, 2.05) is 0 Å². The number of alkyl halides is 2. The van der Waals surface area contributed by atoms with Crippen LogP contribution in [-0.4, -0.2) is 26.5 Å². The van der Waals surface area contributed by atoms with Crippen LogP contribution in [-0.2, 0) is 33.1 Å². The van der Waals surface area contributed by atoms with E-state index in [1.165, 1.54) is 12.1 Å². The summed E-state index contributed by atoms with van der Waals surface area (Å²) in [6, 6.07) is 3.06. The minimum atomic E-state index is -5.45. The maximum absolute atomic E-state index is 14.9. The van der Waals surface area contributed by atoms with Crippen LogP contribution < -0.4 is 5.14 Å². The zero-order valence-corrected chi connectivity index (χ0v) is 17.2. The van der Waals surface area contributed by atoms with E-state index in [4.69, 9.17) is 5.14 Å². The third-order valence-electron chi connectivity index (χ3n) is 5.55. The van der Waals surface area contributed by atoms with Crippen LogP contribution in [0.2, 0.25) is 0 Å². The van der Waals surface area contributed by atoms with E-state index in [9.17, 15) is 38.8 Å². The van der Waals surface area contributed by atoms with Gasteiger partial charge in [0.05, 0.1) is 0 Å². The van der Waals surface area contributed by atoms with Crippen molar-refractivity contribution in [2.75, 3.05) is 0 Å². The van der Waals surface area contributed by atoms with Gasteiger partial charge in [-0.05, 0) is 24.0 Å². The Morgan fingerprint density at radius 3 is 2.32 bits per heavy atom. The summed E-state index contributed by atoms with van der Waals surface area (Å²) >= 11 is 0. The second-order valence-electron chi connectivity index (χ2n) is 7.43. The molecule has 2 aromatic rings. The van der Waals surface area contributed by atoms with E-state index in [2.05, 4.69) is 0 Å². The largest absolute Gasteiger partial charge is 0.290 e. The lowest BCUT2D eigenvalue weighted by Gasteiger charge is -2.32. The van der Waals surface area contributed by atoms with E-state index in [-0.39, 0.29) is 24.5 Å². The van der Waals surface area contributed by atoms with Crippen molar-refractivity contribution in [1.82, 2.24) is 3.71 Å². The summed E-state index contributed by atoms with van der Waals surface area (Å²) < 4.78 is 123.